The second-order valence-corrected chi connectivity index (χ2v) is 10.7. The van der Waals surface area contributed by atoms with E-state index in [1.54, 1.807) is 5.01 Å². The van der Waals surface area contributed by atoms with Crippen molar-refractivity contribution >= 4 is 38.7 Å². The summed E-state index contributed by atoms with van der Waals surface area (Å²) in [5.74, 6) is -1.04. The van der Waals surface area contributed by atoms with Crippen LogP contribution < -0.4 is 26.7 Å². The molecule has 166 valence electrons. The minimum atomic E-state index is -3.19. The van der Waals surface area contributed by atoms with Crippen LogP contribution in [0.25, 0.3) is 0 Å². The van der Waals surface area contributed by atoms with Gasteiger partial charge in [0.2, 0.25) is 5.91 Å². The van der Waals surface area contributed by atoms with E-state index in [2.05, 4.69) is 21.0 Å². The van der Waals surface area contributed by atoms with Crippen LogP contribution in [0.4, 0.5) is 15.8 Å². The Morgan fingerprint density at radius 3 is 2.87 bits per heavy atom. The third kappa shape index (κ3) is 4.12. The number of hydrogen-bond donors (Lipinski definition) is 4. The first-order valence-corrected chi connectivity index (χ1v) is 12.0. The summed E-state index contributed by atoms with van der Waals surface area (Å²) in [4.78, 5) is 19.0. The highest BCUT2D eigenvalue weighted by Crippen LogP contribution is 2.36. The largest absolute Gasteiger partial charge is 0.367 e. The Labute approximate surface area is 179 Å². The van der Waals surface area contributed by atoms with Gasteiger partial charge in [-0.15, -0.1) is 0 Å². The minimum Gasteiger partial charge on any atom is -0.367 e. The van der Waals surface area contributed by atoms with E-state index in [0.717, 1.165) is 0 Å². The number of nitrogens with one attached hydrogen (secondary N) is 3. The van der Waals surface area contributed by atoms with Crippen molar-refractivity contribution in [2.75, 3.05) is 42.7 Å². The van der Waals surface area contributed by atoms with Gasteiger partial charge >= 0.3 is 0 Å². The van der Waals surface area contributed by atoms with Gasteiger partial charge in [-0.05, 0) is 6.42 Å². The molecule has 4 rings (SSSR count). The molecule has 1 aromatic rings. The molecular weight excluding hydrogens is 437 g/mol. The summed E-state index contributed by atoms with van der Waals surface area (Å²) in [6.07, 6.45) is 2.45. The molecule has 0 spiro atoms. The Bertz CT molecular complexity index is 936. The minimum absolute atomic E-state index is 0.139. The summed E-state index contributed by atoms with van der Waals surface area (Å²) in [6, 6.07) is 0. The number of sulfone groups is 1. The lowest BCUT2D eigenvalue weighted by atomic mass is 10.0. The van der Waals surface area contributed by atoms with E-state index in [4.69, 9.17) is 17.3 Å². The van der Waals surface area contributed by atoms with Gasteiger partial charge in [0.1, 0.15) is 6.17 Å². The number of fused-ring (bicyclic) bond motifs is 1. The average molecular weight is 462 g/mol. The van der Waals surface area contributed by atoms with Crippen LogP contribution in [-0.4, -0.2) is 80.5 Å². The summed E-state index contributed by atoms with van der Waals surface area (Å²) in [7, 11) is -3.19. The second kappa shape index (κ2) is 8.17. The van der Waals surface area contributed by atoms with Crippen LogP contribution in [0.5, 0.6) is 0 Å². The molecular formula is C17H25ClFN7O3S. The van der Waals surface area contributed by atoms with Crippen LogP contribution in [0.3, 0.4) is 0 Å². The number of anilines is 2. The first kappa shape index (κ1) is 21.7. The SMILES string of the molecule is CS(=O)(=O)C1CCN(c2c(Cl)cncc2NC(=O)C2C(N)NN3CC(F)CNC23)C1. The van der Waals surface area contributed by atoms with Crippen LogP contribution in [0.2, 0.25) is 5.02 Å². The number of carbonyl (C=O) groups excluding carboxylic acids is 1. The Hall–Kier alpha value is -1.57. The highest BCUT2D eigenvalue weighted by molar-refractivity contribution is 7.91. The van der Waals surface area contributed by atoms with Crippen LogP contribution in [0, 0.1) is 5.92 Å². The quantitative estimate of drug-likeness (QED) is 0.458. The number of pyridine rings is 1. The van der Waals surface area contributed by atoms with E-state index in [1.165, 1.54) is 18.6 Å². The van der Waals surface area contributed by atoms with Crippen molar-refractivity contribution < 1.29 is 17.6 Å². The first-order valence-electron chi connectivity index (χ1n) is 9.69. The van der Waals surface area contributed by atoms with Gasteiger partial charge in [0, 0.05) is 38.6 Å². The molecule has 4 heterocycles. The number of alkyl halides is 1. The van der Waals surface area contributed by atoms with Gasteiger partial charge < -0.3 is 16.0 Å². The molecule has 5 unspecified atom stereocenters. The summed E-state index contributed by atoms with van der Waals surface area (Å²) >= 11 is 6.37. The van der Waals surface area contributed by atoms with Crippen molar-refractivity contribution in [1.82, 2.24) is 20.7 Å². The fourth-order valence-corrected chi connectivity index (χ4v) is 5.58. The molecule has 5 N–H and O–H groups in total. The summed E-state index contributed by atoms with van der Waals surface area (Å²) in [5, 5.41) is 7.28. The van der Waals surface area contributed by atoms with Crippen molar-refractivity contribution in [1.29, 1.82) is 0 Å². The lowest BCUT2D eigenvalue weighted by Crippen LogP contribution is -2.58. The van der Waals surface area contributed by atoms with Gasteiger partial charge in [-0.2, -0.15) is 0 Å². The first-order chi connectivity index (χ1) is 14.1. The predicted octanol–water partition coefficient (Wildman–Crippen LogP) is -0.715. The van der Waals surface area contributed by atoms with Crippen molar-refractivity contribution in [2.45, 2.75) is 30.2 Å². The smallest absolute Gasteiger partial charge is 0.233 e. The van der Waals surface area contributed by atoms with Gasteiger partial charge in [0.05, 0.1) is 46.1 Å². The zero-order valence-electron chi connectivity index (χ0n) is 16.4. The Kier molecular flexibility index (Phi) is 5.90. The third-order valence-electron chi connectivity index (χ3n) is 5.82. The second-order valence-electron chi connectivity index (χ2n) is 7.98. The van der Waals surface area contributed by atoms with Gasteiger partial charge in [-0.25, -0.2) is 23.2 Å². The monoisotopic (exact) mass is 461 g/mol. The maximum absolute atomic E-state index is 13.7. The van der Waals surface area contributed by atoms with E-state index in [9.17, 15) is 17.6 Å². The van der Waals surface area contributed by atoms with E-state index < -0.39 is 39.5 Å². The maximum atomic E-state index is 13.7. The molecule has 1 aromatic heterocycles. The number of aromatic nitrogens is 1. The molecule has 1 amide bonds. The fourth-order valence-electron chi connectivity index (χ4n) is 4.32. The molecule has 3 saturated heterocycles. The lowest BCUT2D eigenvalue weighted by Gasteiger charge is -2.33. The lowest BCUT2D eigenvalue weighted by molar-refractivity contribution is -0.121. The number of rotatable bonds is 4. The molecule has 30 heavy (non-hydrogen) atoms. The zero-order chi connectivity index (χ0) is 21.6. The molecule has 0 radical (unpaired) electrons. The Balaban J connectivity index is 1.54. The van der Waals surface area contributed by atoms with Crippen LogP contribution in [0.15, 0.2) is 12.4 Å². The van der Waals surface area contributed by atoms with Crippen molar-refractivity contribution in [3.05, 3.63) is 17.4 Å². The number of hydrogen-bond acceptors (Lipinski definition) is 9. The number of nitrogens with two attached hydrogens (primary N) is 1. The molecule has 0 bridgehead atoms. The zero-order valence-corrected chi connectivity index (χ0v) is 18.0. The average Bonchev–Trinajstić information content (AvgIpc) is 3.25. The van der Waals surface area contributed by atoms with Gasteiger partial charge in [-0.1, -0.05) is 11.6 Å². The van der Waals surface area contributed by atoms with Crippen molar-refractivity contribution in [3.63, 3.8) is 0 Å². The van der Waals surface area contributed by atoms with Crippen molar-refractivity contribution in [3.8, 4) is 0 Å². The molecule has 0 aliphatic carbocycles. The Morgan fingerprint density at radius 1 is 1.40 bits per heavy atom. The number of amides is 1. The Morgan fingerprint density at radius 2 is 2.17 bits per heavy atom. The molecule has 13 heteroatoms. The molecule has 0 saturated carbocycles. The van der Waals surface area contributed by atoms with E-state index in [0.29, 0.717) is 29.4 Å². The van der Waals surface area contributed by atoms with Crippen LogP contribution in [-0.2, 0) is 14.6 Å². The normalized spacial score (nSPS) is 32.3. The predicted molar refractivity (Wildman–Crippen MR) is 111 cm³/mol. The molecule has 3 aliphatic heterocycles. The molecule has 5 atom stereocenters. The third-order valence-corrected chi connectivity index (χ3v) is 7.69. The number of nitrogens with zero attached hydrogens (tertiary/aromatic N) is 3. The highest BCUT2D eigenvalue weighted by atomic mass is 35.5. The number of halogens is 2. The van der Waals surface area contributed by atoms with E-state index in [-0.39, 0.29) is 25.5 Å². The molecule has 10 nitrogen and oxygen atoms in total. The van der Waals surface area contributed by atoms with Crippen LogP contribution >= 0.6 is 11.6 Å². The standard InChI is InChI=1S/C17H25ClFN7O3S/c1-30(28,29)10-2-3-25(8-10)14-11(18)5-21-6-12(14)23-17(27)13-15(20)24-26-7-9(19)4-22-16(13)26/h5-6,9-10,13,15-16,22,24H,2-4,7-8,20H2,1H3,(H,23,27). The number of hydrazine groups is 1. The van der Waals surface area contributed by atoms with Crippen molar-refractivity contribution in [2.24, 2.45) is 11.7 Å². The maximum Gasteiger partial charge on any atom is 0.233 e. The van der Waals surface area contributed by atoms with Gasteiger partial charge in [-0.3, -0.25) is 15.1 Å². The van der Waals surface area contributed by atoms with E-state index >= 15 is 0 Å². The van der Waals surface area contributed by atoms with E-state index in [1.807, 2.05) is 4.90 Å². The summed E-state index contributed by atoms with van der Waals surface area (Å²) in [6.45, 7) is 1.06. The van der Waals surface area contributed by atoms with Crippen LogP contribution in [0.1, 0.15) is 6.42 Å². The fraction of sp³-hybridized carbons (Fsp3) is 0.647. The van der Waals surface area contributed by atoms with Gasteiger partial charge in [0.25, 0.3) is 0 Å². The topological polar surface area (TPSA) is 133 Å². The molecule has 3 fully saturated rings. The summed E-state index contributed by atoms with van der Waals surface area (Å²) in [5.41, 5.74) is 9.95. The highest BCUT2D eigenvalue weighted by Gasteiger charge is 2.47. The number of carbonyl (C=O) groups is 1. The molecule has 3 aliphatic rings. The summed E-state index contributed by atoms with van der Waals surface area (Å²) < 4.78 is 37.5. The molecule has 0 aromatic carbocycles. The van der Waals surface area contributed by atoms with Gasteiger partial charge in [0.15, 0.2) is 9.84 Å².